The normalized spacial score (nSPS) is 12.9. The van der Waals surface area contributed by atoms with E-state index in [9.17, 15) is 0 Å². The molecule has 0 radical (unpaired) electrons. The summed E-state index contributed by atoms with van der Waals surface area (Å²) in [6.45, 7) is 1.15. The number of hydrogen-bond donors (Lipinski definition) is 0. The van der Waals surface area contributed by atoms with Gasteiger partial charge in [0.25, 0.3) is 0 Å². The van der Waals surface area contributed by atoms with Crippen molar-refractivity contribution in [3.8, 4) is 0 Å². The van der Waals surface area contributed by atoms with Gasteiger partial charge in [0.1, 0.15) is 0 Å². The van der Waals surface area contributed by atoms with E-state index in [1.54, 1.807) is 0 Å². The molecule has 0 heterocycles. The predicted molar refractivity (Wildman–Crippen MR) is 76.9 cm³/mol. The highest BCUT2D eigenvalue weighted by Crippen LogP contribution is 2.25. The van der Waals surface area contributed by atoms with Crippen LogP contribution < -0.4 is 0 Å². The van der Waals surface area contributed by atoms with E-state index in [-0.39, 0.29) is 0 Å². The van der Waals surface area contributed by atoms with Crippen LogP contribution in [0.3, 0.4) is 0 Å². The van der Waals surface area contributed by atoms with Crippen molar-refractivity contribution in [2.45, 2.75) is 31.6 Å². The Kier molecular flexibility index (Phi) is 7.30. The molecule has 96 valence electrons. The van der Waals surface area contributed by atoms with Crippen LogP contribution in [0.25, 0.3) is 0 Å². The Bertz CT molecular complexity index is 284. The molecule has 1 rings (SSSR count). The Morgan fingerprint density at radius 2 is 1.76 bits per heavy atom. The Labute approximate surface area is 111 Å². The molecule has 0 N–H and O–H groups in total. The second kappa shape index (κ2) is 8.54. The Balaban J connectivity index is 2.52. The first-order chi connectivity index (χ1) is 8.24. The molecule has 1 aromatic carbocycles. The molecule has 0 fully saturated rings. The molecule has 0 aromatic heterocycles. The minimum Gasteiger partial charge on any atom is -0.309 e. The number of hydrogen-bond acceptors (Lipinski definition) is 1. The van der Waals surface area contributed by atoms with E-state index < -0.39 is 0 Å². The number of rotatable bonds is 8. The predicted octanol–water partition coefficient (Wildman–Crippen LogP) is 4.13. The summed E-state index contributed by atoms with van der Waals surface area (Å²) in [6.07, 6.45) is 4.85. The summed E-state index contributed by atoms with van der Waals surface area (Å²) in [5, 5.41) is 0. The van der Waals surface area contributed by atoms with Gasteiger partial charge in [-0.05, 0) is 51.4 Å². The number of halogens is 1. The van der Waals surface area contributed by atoms with Crippen LogP contribution in [0.2, 0.25) is 0 Å². The first kappa shape index (κ1) is 14.5. The summed E-state index contributed by atoms with van der Waals surface area (Å²) in [4.78, 5) is 2.26. The molecule has 0 bridgehead atoms. The van der Waals surface area contributed by atoms with Gasteiger partial charge in [-0.25, -0.2) is 0 Å². The lowest BCUT2D eigenvalue weighted by atomic mass is 9.90. The lowest BCUT2D eigenvalue weighted by Gasteiger charge is -2.19. The molecule has 1 aromatic rings. The minimum absolute atomic E-state index is 0.682. The van der Waals surface area contributed by atoms with Gasteiger partial charge in [-0.2, -0.15) is 0 Å². The van der Waals surface area contributed by atoms with Crippen LogP contribution in [-0.4, -0.2) is 31.4 Å². The second-order valence-corrected chi connectivity index (χ2v) is 5.26. The largest absolute Gasteiger partial charge is 0.309 e. The highest BCUT2D eigenvalue weighted by molar-refractivity contribution is 6.17. The topological polar surface area (TPSA) is 3.24 Å². The fourth-order valence-electron chi connectivity index (χ4n) is 2.10. The standard InChI is InChI=1S/C15H24ClN/c1-17(2)13-11-15(10-6-7-12-16)14-8-4-3-5-9-14/h3-5,8-9,15H,6-7,10-13H2,1-2H3. The van der Waals surface area contributed by atoms with Gasteiger partial charge in [-0.1, -0.05) is 36.8 Å². The lowest BCUT2D eigenvalue weighted by Crippen LogP contribution is -2.16. The van der Waals surface area contributed by atoms with Gasteiger partial charge in [0.2, 0.25) is 0 Å². The Hall–Kier alpha value is -0.530. The molecule has 0 spiro atoms. The van der Waals surface area contributed by atoms with Crippen molar-refractivity contribution in [3.63, 3.8) is 0 Å². The summed E-state index contributed by atoms with van der Waals surface area (Å²) in [6, 6.07) is 10.9. The van der Waals surface area contributed by atoms with E-state index in [1.165, 1.54) is 24.8 Å². The smallest absolute Gasteiger partial charge is 0.0223 e. The van der Waals surface area contributed by atoms with Crippen molar-refractivity contribution in [2.24, 2.45) is 0 Å². The van der Waals surface area contributed by atoms with Gasteiger partial charge in [0, 0.05) is 5.88 Å². The summed E-state index contributed by atoms with van der Waals surface area (Å²) in [5.41, 5.74) is 1.48. The van der Waals surface area contributed by atoms with Crippen LogP contribution in [0.5, 0.6) is 0 Å². The molecule has 1 atom stereocenters. The van der Waals surface area contributed by atoms with E-state index >= 15 is 0 Å². The summed E-state index contributed by atoms with van der Waals surface area (Å²) in [7, 11) is 4.28. The summed E-state index contributed by atoms with van der Waals surface area (Å²) in [5.74, 6) is 1.47. The molecule has 0 aliphatic carbocycles. The second-order valence-electron chi connectivity index (χ2n) is 4.88. The molecule has 2 heteroatoms. The van der Waals surface area contributed by atoms with E-state index in [4.69, 9.17) is 11.6 Å². The van der Waals surface area contributed by atoms with Crippen LogP contribution in [0.4, 0.5) is 0 Å². The maximum atomic E-state index is 5.75. The highest BCUT2D eigenvalue weighted by Gasteiger charge is 2.11. The number of benzene rings is 1. The van der Waals surface area contributed by atoms with Crippen molar-refractivity contribution in [1.29, 1.82) is 0 Å². The van der Waals surface area contributed by atoms with Gasteiger partial charge >= 0.3 is 0 Å². The van der Waals surface area contributed by atoms with Crippen molar-refractivity contribution in [3.05, 3.63) is 35.9 Å². The number of nitrogens with zero attached hydrogens (tertiary/aromatic N) is 1. The molecule has 1 nitrogen and oxygen atoms in total. The van der Waals surface area contributed by atoms with Crippen LogP contribution in [0.1, 0.15) is 37.2 Å². The van der Waals surface area contributed by atoms with Crippen molar-refractivity contribution >= 4 is 11.6 Å². The first-order valence-corrected chi connectivity index (χ1v) is 7.03. The fraction of sp³-hybridized carbons (Fsp3) is 0.600. The molecule has 1 unspecified atom stereocenters. The maximum absolute atomic E-state index is 5.75. The van der Waals surface area contributed by atoms with Crippen LogP contribution in [-0.2, 0) is 0 Å². The van der Waals surface area contributed by atoms with Crippen molar-refractivity contribution in [1.82, 2.24) is 4.90 Å². The summed E-state index contributed by atoms with van der Waals surface area (Å²) < 4.78 is 0. The third-order valence-electron chi connectivity index (χ3n) is 3.13. The average molecular weight is 254 g/mol. The Morgan fingerprint density at radius 3 is 2.35 bits per heavy atom. The van der Waals surface area contributed by atoms with Gasteiger partial charge in [0.15, 0.2) is 0 Å². The van der Waals surface area contributed by atoms with Gasteiger partial charge in [0.05, 0.1) is 0 Å². The van der Waals surface area contributed by atoms with Gasteiger partial charge < -0.3 is 4.90 Å². The summed E-state index contributed by atoms with van der Waals surface area (Å²) >= 11 is 5.75. The van der Waals surface area contributed by atoms with E-state index in [1.807, 2.05) is 0 Å². The molecule has 0 amide bonds. The lowest BCUT2D eigenvalue weighted by molar-refractivity contribution is 0.372. The number of alkyl halides is 1. The molecular weight excluding hydrogens is 230 g/mol. The zero-order valence-electron chi connectivity index (χ0n) is 11.0. The zero-order chi connectivity index (χ0) is 12.5. The van der Waals surface area contributed by atoms with Crippen molar-refractivity contribution in [2.75, 3.05) is 26.5 Å². The maximum Gasteiger partial charge on any atom is 0.0223 e. The average Bonchev–Trinajstić information content (AvgIpc) is 2.34. The molecule has 0 aliphatic heterocycles. The zero-order valence-corrected chi connectivity index (χ0v) is 11.8. The third kappa shape index (κ3) is 6.09. The molecule has 17 heavy (non-hydrogen) atoms. The molecule has 0 aliphatic rings. The van der Waals surface area contributed by atoms with E-state index in [0.717, 1.165) is 18.8 Å². The van der Waals surface area contributed by atoms with E-state index in [0.29, 0.717) is 5.92 Å². The van der Waals surface area contributed by atoms with Crippen molar-refractivity contribution < 1.29 is 0 Å². The van der Waals surface area contributed by atoms with E-state index in [2.05, 4.69) is 49.3 Å². The first-order valence-electron chi connectivity index (χ1n) is 6.49. The van der Waals surface area contributed by atoms with Gasteiger partial charge in [-0.15, -0.1) is 11.6 Å². The quantitative estimate of drug-likeness (QED) is 0.497. The monoisotopic (exact) mass is 253 g/mol. The minimum atomic E-state index is 0.682. The van der Waals surface area contributed by atoms with Crippen LogP contribution >= 0.6 is 11.6 Å². The van der Waals surface area contributed by atoms with Crippen LogP contribution in [0.15, 0.2) is 30.3 Å². The molecule has 0 saturated carbocycles. The highest BCUT2D eigenvalue weighted by atomic mass is 35.5. The number of unbranched alkanes of at least 4 members (excludes halogenated alkanes) is 1. The third-order valence-corrected chi connectivity index (χ3v) is 3.40. The SMILES string of the molecule is CN(C)CCC(CCCCCl)c1ccccc1. The molecular formula is C15H24ClN. The van der Waals surface area contributed by atoms with Crippen LogP contribution in [0, 0.1) is 0 Å². The molecule has 0 saturated heterocycles. The fourth-order valence-corrected chi connectivity index (χ4v) is 2.29. The Morgan fingerprint density at radius 1 is 1.06 bits per heavy atom. The van der Waals surface area contributed by atoms with Gasteiger partial charge in [-0.3, -0.25) is 0 Å².